The topological polar surface area (TPSA) is 24.7 Å². The molecule has 0 fully saturated rings. The molecule has 78 valence electrons. The van der Waals surface area contributed by atoms with Crippen LogP contribution in [0.5, 0.6) is 5.75 Å². The van der Waals surface area contributed by atoms with Crippen LogP contribution in [-0.2, 0) is 0 Å². The normalized spacial score (nSPS) is 10.8. The minimum Gasteiger partial charge on any atom is -0.508 e. The highest BCUT2D eigenvalue weighted by atomic mass is 35.5. The van der Waals surface area contributed by atoms with Gasteiger partial charge in [-0.2, -0.15) is 0 Å². The average molecular weight is 235 g/mol. The highest BCUT2D eigenvalue weighted by molar-refractivity contribution is 6.18. The number of alkyl halides is 2. The molecule has 0 aliphatic rings. The second-order valence-electron chi connectivity index (χ2n) is 3.03. The molecule has 0 atom stereocenters. The summed E-state index contributed by atoms with van der Waals surface area (Å²) in [6.45, 7) is 1.69. The van der Waals surface area contributed by atoms with Crippen molar-refractivity contribution < 1.29 is 10.0 Å². The quantitative estimate of drug-likeness (QED) is 0.585. The number of phenolic OH excluding ortho intramolecular Hbond substituents is 1. The molecule has 1 aromatic carbocycles. The van der Waals surface area contributed by atoms with Crippen molar-refractivity contribution in [1.82, 2.24) is 0 Å². The number of aromatic hydroxyl groups is 1. The van der Waals surface area contributed by atoms with Crippen LogP contribution >= 0.6 is 23.2 Å². The van der Waals surface area contributed by atoms with Gasteiger partial charge in [0.1, 0.15) is 11.4 Å². The van der Waals surface area contributed by atoms with E-state index < -0.39 is 0 Å². The van der Waals surface area contributed by atoms with E-state index in [0.717, 1.165) is 18.8 Å². The SMILES string of the molecule is Oc1ccc([NH+](CCCl)CCCl)cc1. The number of phenols is 1. The Hall–Kier alpha value is -0.440. The van der Waals surface area contributed by atoms with Crippen molar-refractivity contribution in [3.05, 3.63) is 24.3 Å². The first-order valence-electron chi connectivity index (χ1n) is 4.54. The zero-order valence-electron chi connectivity index (χ0n) is 7.84. The number of halogens is 2. The van der Waals surface area contributed by atoms with Crippen LogP contribution in [0.25, 0.3) is 0 Å². The molecule has 0 saturated carbocycles. The van der Waals surface area contributed by atoms with E-state index in [1.54, 1.807) is 12.1 Å². The van der Waals surface area contributed by atoms with E-state index >= 15 is 0 Å². The molecule has 2 N–H and O–H groups in total. The number of nitrogens with one attached hydrogen (secondary N) is 1. The predicted molar refractivity (Wildman–Crippen MR) is 59.9 cm³/mol. The summed E-state index contributed by atoms with van der Waals surface area (Å²) < 4.78 is 0. The Bertz CT molecular complexity index is 257. The number of hydrogen-bond donors (Lipinski definition) is 2. The van der Waals surface area contributed by atoms with Crippen LogP contribution in [0.3, 0.4) is 0 Å². The van der Waals surface area contributed by atoms with Crippen LogP contribution in [0.1, 0.15) is 0 Å². The fraction of sp³-hybridized carbons (Fsp3) is 0.400. The van der Waals surface area contributed by atoms with Gasteiger partial charge in [0.15, 0.2) is 0 Å². The second kappa shape index (κ2) is 6.12. The molecule has 0 heterocycles. The molecule has 0 aliphatic carbocycles. The van der Waals surface area contributed by atoms with E-state index in [2.05, 4.69) is 0 Å². The summed E-state index contributed by atoms with van der Waals surface area (Å²) in [5, 5.41) is 9.14. The zero-order valence-corrected chi connectivity index (χ0v) is 9.35. The molecule has 0 unspecified atom stereocenters. The van der Waals surface area contributed by atoms with Gasteiger partial charge in [-0.3, -0.25) is 0 Å². The molecule has 0 amide bonds. The van der Waals surface area contributed by atoms with E-state index in [0.29, 0.717) is 11.8 Å². The molecule has 14 heavy (non-hydrogen) atoms. The molecular weight excluding hydrogens is 221 g/mol. The minimum atomic E-state index is 0.282. The summed E-state index contributed by atoms with van der Waals surface area (Å²) in [7, 11) is 0. The summed E-state index contributed by atoms with van der Waals surface area (Å²) in [5.74, 6) is 1.49. The molecule has 1 aromatic rings. The van der Waals surface area contributed by atoms with E-state index in [-0.39, 0.29) is 5.75 Å². The van der Waals surface area contributed by atoms with E-state index in [9.17, 15) is 0 Å². The van der Waals surface area contributed by atoms with Crippen LogP contribution in [-0.4, -0.2) is 30.0 Å². The predicted octanol–water partition coefficient (Wildman–Crippen LogP) is 1.39. The van der Waals surface area contributed by atoms with Crippen LogP contribution in [0, 0.1) is 0 Å². The minimum absolute atomic E-state index is 0.282. The monoisotopic (exact) mass is 234 g/mol. The van der Waals surface area contributed by atoms with Crippen molar-refractivity contribution in [3.63, 3.8) is 0 Å². The lowest BCUT2D eigenvalue weighted by Crippen LogP contribution is -3.08. The first-order chi connectivity index (χ1) is 6.77. The van der Waals surface area contributed by atoms with Gasteiger partial charge in [0.2, 0.25) is 0 Å². The van der Waals surface area contributed by atoms with Crippen LogP contribution in [0.15, 0.2) is 24.3 Å². The zero-order chi connectivity index (χ0) is 10.4. The summed E-state index contributed by atoms with van der Waals surface area (Å²) in [6, 6.07) is 7.14. The van der Waals surface area contributed by atoms with Gasteiger partial charge in [0, 0.05) is 12.1 Å². The Balaban J connectivity index is 2.71. The van der Waals surface area contributed by atoms with Gasteiger partial charge in [0.25, 0.3) is 0 Å². The Labute approximate surface area is 94.1 Å². The Kier molecular flexibility index (Phi) is 5.09. The second-order valence-corrected chi connectivity index (χ2v) is 3.78. The van der Waals surface area contributed by atoms with Crippen LogP contribution in [0.4, 0.5) is 5.69 Å². The number of rotatable bonds is 5. The lowest BCUT2D eigenvalue weighted by molar-refractivity contribution is -0.827. The largest absolute Gasteiger partial charge is 0.508 e. The van der Waals surface area contributed by atoms with E-state index in [1.807, 2.05) is 12.1 Å². The lowest BCUT2D eigenvalue weighted by atomic mass is 10.2. The third-order valence-electron chi connectivity index (χ3n) is 2.07. The maximum absolute atomic E-state index is 9.14. The highest BCUT2D eigenvalue weighted by Crippen LogP contribution is 2.10. The van der Waals surface area contributed by atoms with Gasteiger partial charge in [-0.05, 0) is 12.1 Å². The van der Waals surface area contributed by atoms with E-state index in [4.69, 9.17) is 28.3 Å². The third-order valence-corrected chi connectivity index (χ3v) is 2.45. The summed E-state index contributed by atoms with van der Waals surface area (Å²) in [4.78, 5) is 1.25. The molecule has 1 rings (SSSR count). The van der Waals surface area contributed by atoms with Crippen molar-refractivity contribution in [2.24, 2.45) is 0 Å². The summed E-state index contributed by atoms with van der Waals surface area (Å²) >= 11 is 11.4. The molecule has 0 aromatic heterocycles. The fourth-order valence-electron chi connectivity index (χ4n) is 1.34. The van der Waals surface area contributed by atoms with Crippen molar-refractivity contribution in [2.75, 3.05) is 24.8 Å². The van der Waals surface area contributed by atoms with Gasteiger partial charge >= 0.3 is 0 Å². The maximum atomic E-state index is 9.14. The number of hydrogen-bond acceptors (Lipinski definition) is 1. The van der Waals surface area contributed by atoms with Crippen LogP contribution in [0.2, 0.25) is 0 Å². The molecule has 0 bridgehead atoms. The van der Waals surface area contributed by atoms with E-state index in [1.165, 1.54) is 4.90 Å². The Morgan fingerprint density at radius 1 is 1.00 bits per heavy atom. The molecule has 0 spiro atoms. The van der Waals surface area contributed by atoms with Crippen molar-refractivity contribution in [2.45, 2.75) is 0 Å². The smallest absolute Gasteiger partial charge is 0.131 e. The van der Waals surface area contributed by atoms with Gasteiger partial charge < -0.3 is 10.0 Å². The lowest BCUT2D eigenvalue weighted by Gasteiger charge is -2.16. The molecule has 4 heteroatoms. The van der Waals surface area contributed by atoms with Crippen molar-refractivity contribution in [1.29, 1.82) is 0 Å². The number of quaternary nitrogens is 1. The Morgan fingerprint density at radius 3 is 1.93 bits per heavy atom. The van der Waals surface area contributed by atoms with Gasteiger partial charge in [-0.25, -0.2) is 0 Å². The molecule has 0 radical (unpaired) electrons. The first-order valence-corrected chi connectivity index (χ1v) is 5.61. The molecular formula is C10H14Cl2NO+. The molecule has 2 nitrogen and oxygen atoms in total. The third kappa shape index (κ3) is 3.37. The fourth-order valence-corrected chi connectivity index (χ4v) is 1.80. The van der Waals surface area contributed by atoms with Gasteiger partial charge in [-0.1, -0.05) is 0 Å². The van der Waals surface area contributed by atoms with Crippen molar-refractivity contribution in [3.8, 4) is 5.75 Å². The summed E-state index contributed by atoms with van der Waals surface area (Å²) in [6.07, 6.45) is 0. The standard InChI is InChI=1S/C10H13Cl2NO/c11-5-7-13(8-6-12)9-1-3-10(14)4-2-9/h1-4,14H,5-8H2/p+1. The summed E-state index contributed by atoms with van der Waals surface area (Å²) in [5.41, 5.74) is 1.11. The van der Waals surface area contributed by atoms with Crippen LogP contribution < -0.4 is 4.90 Å². The van der Waals surface area contributed by atoms with Gasteiger partial charge in [0.05, 0.1) is 24.8 Å². The number of benzene rings is 1. The highest BCUT2D eigenvalue weighted by Gasteiger charge is 2.10. The first kappa shape index (κ1) is 11.6. The molecule has 0 saturated heterocycles. The van der Waals surface area contributed by atoms with Gasteiger partial charge in [-0.15, -0.1) is 23.2 Å². The average Bonchev–Trinajstić information content (AvgIpc) is 2.19. The molecule has 0 aliphatic heterocycles. The van der Waals surface area contributed by atoms with Crippen molar-refractivity contribution >= 4 is 28.9 Å². The Morgan fingerprint density at radius 2 is 1.50 bits per heavy atom. The maximum Gasteiger partial charge on any atom is 0.131 e.